The monoisotopic (exact) mass is 363 g/mol. The van der Waals surface area contributed by atoms with E-state index in [0.29, 0.717) is 0 Å². The molecule has 0 aliphatic carbocycles. The van der Waals surface area contributed by atoms with Crippen LogP contribution in [-0.4, -0.2) is 5.91 Å². The zero-order valence-corrected chi connectivity index (χ0v) is 12.0. The van der Waals surface area contributed by atoms with Crippen LogP contribution in [0.1, 0.15) is 10.4 Å². The molecule has 0 saturated carbocycles. The number of carbonyl (C=O) groups is 1. The molecule has 2 aromatic rings. The summed E-state index contributed by atoms with van der Waals surface area (Å²) in [6, 6.07) is 5.73. The molecular weight excluding hydrogens is 358 g/mol. The second-order valence-electron chi connectivity index (χ2n) is 3.80. The van der Waals surface area contributed by atoms with E-state index in [2.05, 4.69) is 15.9 Å². The van der Waals surface area contributed by atoms with Gasteiger partial charge in [0, 0.05) is 4.47 Å². The van der Waals surface area contributed by atoms with E-state index in [1.54, 1.807) is 0 Å². The lowest BCUT2D eigenvalue weighted by molar-refractivity contribution is 0.102. The van der Waals surface area contributed by atoms with E-state index in [0.717, 1.165) is 18.2 Å². The van der Waals surface area contributed by atoms with Gasteiger partial charge in [-0.3, -0.25) is 4.79 Å². The summed E-state index contributed by atoms with van der Waals surface area (Å²) in [6.07, 6.45) is 0. The fourth-order valence-corrected chi connectivity index (χ4v) is 2.10. The van der Waals surface area contributed by atoms with E-state index >= 15 is 0 Å². The highest BCUT2D eigenvalue weighted by Crippen LogP contribution is 2.25. The number of hydrogen-bond acceptors (Lipinski definition) is 1. The van der Waals surface area contributed by atoms with Crippen LogP contribution < -0.4 is 5.32 Å². The second kappa shape index (κ2) is 5.85. The molecule has 0 unspecified atom stereocenters. The molecule has 7 heteroatoms. The maximum Gasteiger partial charge on any atom is 0.258 e. The Morgan fingerprint density at radius 2 is 1.75 bits per heavy atom. The summed E-state index contributed by atoms with van der Waals surface area (Å²) in [4.78, 5) is 11.8. The zero-order valence-electron chi connectivity index (χ0n) is 9.68. The molecule has 0 bridgehead atoms. The third kappa shape index (κ3) is 2.96. The van der Waals surface area contributed by atoms with Crippen molar-refractivity contribution in [2.24, 2.45) is 0 Å². The Bertz CT molecular complexity index is 670. The molecule has 0 aliphatic heterocycles. The van der Waals surface area contributed by atoms with Crippen LogP contribution in [-0.2, 0) is 0 Å². The Kier molecular flexibility index (Phi) is 4.35. The number of benzene rings is 2. The summed E-state index contributed by atoms with van der Waals surface area (Å²) in [5.41, 5.74) is -1.06. The average Bonchev–Trinajstić information content (AvgIpc) is 2.36. The Morgan fingerprint density at radius 3 is 2.35 bits per heavy atom. The van der Waals surface area contributed by atoms with Gasteiger partial charge in [-0.15, -0.1) is 0 Å². The van der Waals surface area contributed by atoms with Crippen molar-refractivity contribution in [1.82, 2.24) is 0 Å². The molecule has 0 fully saturated rings. The molecule has 2 nitrogen and oxygen atoms in total. The summed E-state index contributed by atoms with van der Waals surface area (Å²) < 4.78 is 40.9. The smallest absolute Gasteiger partial charge is 0.258 e. The largest absolute Gasteiger partial charge is 0.317 e. The van der Waals surface area contributed by atoms with Crippen molar-refractivity contribution < 1.29 is 18.0 Å². The fraction of sp³-hybridized carbons (Fsp3) is 0. The predicted molar refractivity (Wildman–Crippen MR) is 73.4 cm³/mol. The van der Waals surface area contributed by atoms with Crippen molar-refractivity contribution in [2.45, 2.75) is 0 Å². The van der Waals surface area contributed by atoms with Crippen molar-refractivity contribution in [1.29, 1.82) is 0 Å². The van der Waals surface area contributed by atoms with Crippen LogP contribution in [0.25, 0.3) is 0 Å². The first-order valence-electron chi connectivity index (χ1n) is 5.30. The minimum absolute atomic E-state index is 0.180. The maximum atomic E-state index is 13.6. The van der Waals surface area contributed by atoms with Gasteiger partial charge in [0.1, 0.15) is 5.69 Å². The normalized spacial score (nSPS) is 10.4. The van der Waals surface area contributed by atoms with Gasteiger partial charge in [-0.05, 0) is 24.3 Å². The van der Waals surface area contributed by atoms with Crippen molar-refractivity contribution >= 4 is 39.1 Å². The molecule has 0 atom stereocenters. The first-order valence-corrected chi connectivity index (χ1v) is 6.47. The third-order valence-electron chi connectivity index (χ3n) is 2.44. The summed E-state index contributed by atoms with van der Waals surface area (Å²) in [7, 11) is 0. The molecule has 0 aromatic heterocycles. The molecule has 2 rings (SSSR count). The van der Waals surface area contributed by atoms with Crippen molar-refractivity contribution in [3.05, 3.63) is 62.8 Å². The molecule has 2 aromatic carbocycles. The summed E-state index contributed by atoms with van der Waals surface area (Å²) in [5.74, 6) is -3.91. The van der Waals surface area contributed by atoms with Crippen LogP contribution >= 0.6 is 27.5 Å². The van der Waals surface area contributed by atoms with Gasteiger partial charge >= 0.3 is 0 Å². The highest BCUT2D eigenvalue weighted by Gasteiger charge is 2.18. The quantitative estimate of drug-likeness (QED) is 0.817. The molecular formula is C13H6BrClF3NO. The topological polar surface area (TPSA) is 29.1 Å². The highest BCUT2D eigenvalue weighted by atomic mass is 79.9. The SMILES string of the molecule is O=C(Nc1c(F)cc(Br)cc1F)c1cccc(Cl)c1F. The number of rotatable bonds is 2. The van der Waals surface area contributed by atoms with E-state index in [1.165, 1.54) is 12.1 Å². The van der Waals surface area contributed by atoms with E-state index in [9.17, 15) is 18.0 Å². The lowest BCUT2D eigenvalue weighted by atomic mass is 10.2. The maximum absolute atomic E-state index is 13.6. The van der Waals surface area contributed by atoms with Gasteiger partial charge in [0.2, 0.25) is 0 Å². The van der Waals surface area contributed by atoms with Crippen LogP contribution in [0.3, 0.4) is 0 Å². The number of carbonyl (C=O) groups excluding carboxylic acids is 1. The average molecular weight is 365 g/mol. The predicted octanol–water partition coefficient (Wildman–Crippen LogP) is 4.77. The molecule has 104 valence electrons. The third-order valence-corrected chi connectivity index (χ3v) is 3.19. The van der Waals surface area contributed by atoms with Gasteiger partial charge in [-0.1, -0.05) is 33.6 Å². The van der Waals surface area contributed by atoms with Gasteiger partial charge < -0.3 is 5.32 Å². The molecule has 0 saturated heterocycles. The molecule has 1 amide bonds. The standard InChI is InChI=1S/C13H6BrClF3NO/c14-6-4-9(16)12(10(17)5-6)19-13(20)7-2-1-3-8(15)11(7)18/h1-5H,(H,19,20). The fourth-order valence-electron chi connectivity index (χ4n) is 1.52. The number of anilines is 1. The number of hydrogen-bond donors (Lipinski definition) is 1. The van der Waals surface area contributed by atoms with E-state index in [1.807, 2.05) is 5.32 Å². The van der Waals surface area contributed by atoms with Crippen LogP contribution in [0.2, 0.25) is 5.02 Å². The minimum Gasteiger partial charge on any atom is -0.317 e. The van der Waals surface area contributed by atoms with E-state index in [-0.39, 0.29) is 9.50 Å². The number of halogens is 5. The minimum atomic E-state index is -0.995. The van der Waals surface area contributed by atoms with Crippen LogP contribution in [0.15, 0.2) is 34.8 Å². The molecule has 0 aliphatic rings. The summed E-state index contributed by atoms with van der Waals surface area (Å²) >= 11 is 8.44. The van der Waals surface area contributed by atoms with E-state index < -0.39 is 34.6 Å². The zero-order chi connectivity index (χ0) is 14.9. The van der Waals surface area contributed by atoms with Crippen molar-refractivity contribution in [2.75, 3.05) is 5.32 Å². The van der Waals surface area contributed by atoms with Gasteiger partial charge in [-0.2, -0.15) is 0 Å². The highest BCUT2D eigenvalue weighted by molar-refractivity contribution is 9.10. The molecule has 0 heterocycles. The first-order chi connectivity index (χ1) is 9.40. The van der Waals surface area contributed by atoms with E-state index in [4.69, 9.17) is 11.6 Å². The van der Waals surface area contributed by atoms with Gasteiger partial charge in [-0.25, -0.2) is 13.2 Å². The lowest BCUT2D eigenvalue weighted by Gasteiger charge is -2.09. The molecule has 0 radical (unpaired) electrons. The van der Waals surface area contributed by atoms with Gasteiger partial charge in [0.05, 0.1) is 10.6 Å². The first kappa shape index (κ1) is 14.9. The molecule has 0 spiro atoms. The Hall–Kier alpha value is -1.53. The summed E-state index contributed by atoms with van der Waals surface area (Å²) in [5, 5.41) is 1.73. The Morgan fingerprint density at radius 1 is 1.15 bits per heavy atom. The van der Waals surface area contributed by atoms with Crippen molar-refractivity contribution in [3.8, 4) is 0 Å². The Balaban J connectivity index is 2.36. The van der Waals surface area contributed by atoms with Crippen LogP contribution in [0.5, 0.6) is 0 Å². The second-order valence-corrected chi connectivity index (χ2v) is 5.12. The van der Waals surface area contributed by atoms with Gasteiger partial charge in [0.25, 0.3) is 5.91 Å². The summed E-state index contributed by atoms with van der Waals surface area (Å²) in [6.45, 7) is 0. The van der Waals surface area contributed by atoms with Crippen molar-refractivity contribution in [3.63, 3.8) is 0 Å². The van der Waals surface area contributed by atoms with Crippen LogP contribution in [0, 0.1) is 17.5 Å². The van der Waals surface area contributed by atoms with Gasteiger partial charge in [0.15, 0.2) is 17.5 Å². The molecule has 1 N–H and O–H groups in total. The molecule has 20 heavy (non-hydrogen) atoms. The van der Waals surface area contributed by atoms with Crippen LogP contribution in [0.4, 0.5) is 18.9 Å². The Labute approximate surface area is 125 Å². The lowest BCUT2D eigenvalue weighted by Crippen LogP contribution is -2.16. The number of amides is 1. The number of nitrogens with one attached hydrogen (secondary N) is 1.